The lowest BCUT2D eigenvalue weighted by atomic mass is 10.1. The van der Waals surface area contributed by atoms with Gasteiger partial charge in [0.2, 0.25) is 5.91 Å². The largest absolute Gasteiger partial charge is 0.385 e. The first kappa shape index (κ1) is 15.0. The fraction of sp³-hybridized carbons (Fsp3) is 0.417. The smallest absolute Gasteiger partial charge is 0.265 e. The minimum Gasteiger partial charge on any atom is -0.385 e. The van der Waals surface area contributed by atoms with Gasteiger partial charge in [-0.25, -0.2) is 8.78 Å². The van der Waals surface area contributed by atoms with E-state index >= 15 is 0 Å². The van der Waals surface area contributed by atoms with E-state index in [0.717, 1.165) is 10.0 Å². The number of benzene rings is 1. The van der Waals surface area contributed by atoms with Gasteiger partial charge in [0.1, 0.15) is 6.10 Å². The molecule has 0 aromatic heterocycles. The van der Waals surface area contributed by atoms with Crippen LogP contribution in [0.25, 0.3) is 0 Å². The summed E-state index contributed by atoms with van der Waals surface area (Å²) in [6, 6.07) is 7.51. The molecule has 1 unspecified atom stereocenters. The number of aliphatic hydroxyl groups is 1. The summed E-state index contributed by atoms with van der Waals surface area (Å²) < 4.78 is 24.9. The number of hydrogen-bond acceptors (Lipinski definition) is 2. The van der Waals surface area contributed by atoms with Crippen LogP contribution in [-0.2, 0) is 11.2 Å². The molecule has 0 aliphatic carbocycles. The van der Waals surface area contributed by atoms with Crippen molar-refractivity contribution in [2.75, 3.05) is 6.54 Å². The number of hydrogen-bond donors (Lipinski definition) is 2. The van der Waals surface area contributed by atoms with Crippen LogP contribution in [0.3, 0.4) is 0 Å². The van der Waals surface area contributed by atoms with E-state index in [1.54, 1.807) is 0 Å². The molecule has 1 aromatic carbocycles. The van der Waals surface area contributed by atoms with Gasteiger partial charge in [-0.1, -0.05) is 28.1 Å². The molecule has 0 bridgehead atoms. The van der Waals surface area contributed by atoms with Crippen LogP contribution < -0.4 is 5.32 Å². The Bertz CT molecular complexity index is 401. The van der Waals surface area contributed by atoms with Crippen LogP contribution in [0.4, 0.5) is 8.78 Å². The van der Waals surface area contributed by atoms with Crippen molar-refractivity contribution in [1.29, 1.82) is 0 Å². The highest BCUT2D eigenvalue weighted by Gasteiger charge is 2.17. The zero-order valence-corrected chi connectivity index (χ0v) is 11.2. The predicted molar refractivity (Wildman–Crippen MR) is 67.5 cm³/mol. The van der Waals surface area contributed by atoms with E-state index in [9.17, 15) is 13.6 Å². The molecule has 1 amide bonds. The maximum Gasteiger partial charge on any atom is 0.265 e. The van der Waals surface area contributed by atoms with Crippen LogP contribution >= 0.6 is 15.9 Å². The van der Waals surface area contributed by atoms with Crippen LogP contribution in [0, 0.1) is 0 Å². The Hall–Kier alpha value is -1.01. The summed E-state index contributed by atoms with van der Waals surface area (Å²) in [7, 11) is 0. The highest BCUT2D eigenvalue weighted by atomic mass is 79.9. The molecule has 1 rings (SSSR count). The molecule has 1 atom stereocenters. The van der Waals surface area contributed by atoms with E-state index in [0.29, 0.717) is 6.42 Å². The number of rotatable bonds is 6. The van der Waals surface area contributed by atoms with Gasteiger partial charge in [0, 0.05) is 17.4 Å². The lowest BCUT2D eigenvalue weighted by Crippen LogP contribution is -2.35. The van der Waals surface area contributed by atoms with Gasteiger partial charge >= 0.3 is 0 Å². The molecule has 1 aromatic rings. The average Bonchev–Trinajstić information content (AvgIpc) is 2.33. The molecule has 0 aliphatic heterocycles. The number of aryl methyl sites for hydroxylation is 1. The number of alkyl halides is 2. The third-order valence-corrected chi connectivity index (χ3v) is 2.82. The van der Waals surface area contributed by atoms with Crippen LogP contribution in [0.1, 0.15) is 12.0 Å². The normalized spacial score (nSPS) is 12.5. The van der Waals surface area contributed by atoms with Crippen molar-refractivity contribution < 1.29 is 18.7 Å². The highest BCUT2D eigenvalue weighted by Crippen LogP contribution is 2.12. The minimum absolute atomic E-state index is 0.201. The number of halogens is 3. The molecular formula is C12H14BrF2NO2. The fourth-order valence-electron chi connectivity index (χ4n) is 1.35. The van der Waals surface area contributed by atoms with Crippen molar-refractivity contribution >= 4 is 21.8 Å². The molecule has 0 spiro atoms. The number of aliphatic hydroxyl groups excluding tert-OH is 1. The highest BCUT2D eigenvalue weighted by molar-refractivity contribution is 9.10. The maximum atomic E-state index is 12.0. The number of carbonyl (C=O) groups excluding carboxylic acids is 1. The van der Waals surface area contributed by atoms with Crippen LogP contribution in [0.2, 0.25) is 0 Å². The third kappa shape index (κ3) is 5.55. The Kier molecular flexibility index (Phi) is 6.21. The van der Waals surface area contributed by atoms with Gasteiger partial charge in [0.05, 0.1) is 0 Å². The Balaban J connectivity index is 2.29. The maximum absolute atomic E-state index is 12.0. The van der Waals surface area contributed by atoms with Crippen LogP contribution in [0.5, 0.6) is 0 Å². The molecule has 6 heteroatoms. The van der Waals surface area contributed by atoms with Gasteiger partial charge in [0.25, 0.3) is 6.43 Å². The van der Waals surface area contributed by atoms with Crippen molar-refractivity contribution in [3.05, 3.63) is 34.3 Å². The summed E-state index contributed by atoms with van der Waals surface area (Å²) in [5, 5.41) is 11.1. The van der Waals surface area contributed by atoms with Crippen molar-refractivity contribution in [3.63, 3.8) is 0 Å². The SMILES string of the molecule is O=C(CCc1cccc(Br)c1)NCC(O)C(F)F. The second-order valence-electron chi connectivity index (χ2n) is 3.84. The van der Waals surface area contributed by atoms with Crippen molar-refractivity contribution in [2.45, 2.75) is 25.4 Å². The summed E-state index contributed by atoms with van der Waals surface area (Å²) in [4.78, 5) is 11.3. The number of carbonyl (C=O) groups is 1. The molecule has 0 radical (unpaired) electrons. The van der Waals surface area contributed by atoms with E-state index in [-0.39, 0.29) is 12.3 Å². The molecule has 3 nitrogen and oxygen atoms in total. The third-order valence-electron chi connectivity index (χ3n) is 2.33. The molecule has 100 valence electrons. The summed E-state index contributed by atoms with van der Waals surface area (Å²) >= 11 is 3.32. The van der Waals surface area contributed by atoms with E-state index < -0.39 is 19.1 Å². The van der Waals surface area contributed by atoms with Crippen LogP contribution in [0.15, 0.2) is 28.7 Å². The van der Waals surface area contributed by atoms with Gasteiger partial charge in [-0.05, 0) is 24.1 Å². The van der Waals surface area contributed by atoms with Crippen molar-refractivity contribution in [2.24, 2.45) is 0 Å². The monoisotopic (exact) mass is 321 g/mol. The first-order chi connectivity index (χ1) is 8.49. The lowest BCUT2D eigenvalue weighted by molar-refractivity contribution is -0.122. The Morgan fingerprint density at radius 1 is 1.44 bits per heavy atom. The first-order valence-electron chi connectivity index (χ1n) is 5.46. The molecule has 0 fully saturated rings. The zero-order valence-electron chi connectivity index (χ0n) is 9.57. The summed E-state index contributed by atoms with van der Waals surface area (Å²) in [6.45, 7) is -0.422. The van der Waals surface area contributed by atoms with Gasteiger partial charge in [0.15, 0.2) is 0 Å². The van der Waals surface area contributed by atoms with E-state index in [1.807, 2.05) is 24.3 Å². The standard InChI is InChI=1S/C12H14BrF2NO2/c13-9-3-1-2-8(6-9)4-5-11(18)16-7-10(17)12(14)15/h1-3,6,10,12,17H,4-5,7H2,(H,16,18). The van der Waals surface area contributed by atoms with E-state index in [4.69, 9.17) is 5.11 Å². The molecule has 2 N–H and O–H groups in total. The summed E-state index contributed by atoms with van der Waals surface area (Å²) in [5.74, 6) is -0.352. The Labute approximate surface area is 112 Å². The second-order valence-corrected chi connectivity index (χ2v) is 4.75. The lowest BCUT2D eigenvalue weighted by Gasteiger charge is -2.10. The van der Waals surface area contributed by atoms with Crippen LogP contribution in [-0.4, -0.2) is 30.1 Å². The van der Waals surface area contributed by atoms with Gasteiger partial charge in [-0.2, -0.15) is 0 Å². The second kappa shape index (κ2) is 7.43. The summed E-state index contributed by atoms with van der Waals surface area (Å²) in [6.07, 6.45) is -3.92. The fourth-order valence-corrected chi connectivity index (χ4v) is 1.79. The molecule has 0 heterocycles. The molecule has 18 heavy (non-hydrogen) atoms. The van der Waals surface area contributed by atoms with Gasteiger partial charge in [-0.15, -0.1) is 0 Å². The van der Waals surface area contributed by atoms with E-state index in [2.05, 4.69) is 21.2 Å². The summed E-state index contributed by atoms with van der Waals surface area (Å²) in [5.41, 5.74) is 0.980. The molecule has 0 saturated heterocycles. The topological polar surface area (TPSA) is 49.3 Å². The average molecular weight is 322 g/mol. The molecule has 0 saturated carbocycles. The van der Waals surface area contributed by atoms with E-state index in [1.165, 1.54) is 0 Å². The predicted octanol–water partition coefficient (Wildman–Crippen LogP) is 2.12. The van der Waals surface area contributed by atoms with Gasteiger partial charge in [-0.3, -0.25) is 4.79 Å². The quantitative estimate of drug-likeness (QED) is 0.843. The zero-order chi connectivity index (χ0) is 13.5. The Morgan fingerprint density at radius 2 is 2.17 bits per heavy atom. The Morgan fingerprint density at radius 3 is 2.78 bits per heavy atom. The number of nitrogens with one attached hydrogen (secondary N) is 1. The molecule has 0 aliphatic rings. The van der Waals surface area contributed by atoms with Crippen molar-refractivity contribution in [3.8, 4) is 0 Å². The minimum atomic E-state index is -2.84. The molecular weight excluding hydrogens is 308 g/mol. The number of amides is 1. The van der Waals surface area contributed by atoms with Gasteiger partial charge < -0.3 is 10.4 Å². The first-order valence-corrected chi connectivity index (χ1v) is 6.25. The van der Waals surface area contributed by atoms with Crippen molar-refractivity contribution in [1.82, 2.24) is 5.32 Å².